The summed E-state index contributed by atoms with van der Waals surface area (Å²) in [4.78, 5) is 24.1. The van der Waals surface area contributed by atoms with Gasteiger partial charge in [0, 0.05) is 30.1 Å². The van der Waals surface area contributed by atoms with Gasteiger partial charge in [0.15, 0.2) is 6.54 Å². The quantitative estimate of drug-likeness (QED) is 0.657. The van der Waals surface area contributed by atoms with Crippen LogP contribution in [0.4, 0.5) is 0 Å². The number of carbonyl (C=O) groups excluding carboxylic acids is 1. The lowest BCUT2D eigenvalue weighted by Crippen LogP contribution is -3.15. The second-order valence-electron chi connectivity index (χ2n) is 5.50. The molecule has 3 atom stereocenters. The third kappa shape index (κ3) is 1.95. The number of aromatic nitrogens is 1. The van der Waals surface area contributed by atoms with Crippen molar-refractivity contribution in [3.8, 4) is 0 Å². The zero-order valence-electron chi connectivity index (χ0n) is 10.3. The highest BCUT2D eigenvalue weighted by Gasteiger charge is 2.37. The van der Waals surface area contributed by atoms with Crippen molar-refractivity contribution in [1.82, 2.24) is 4.57 Å². The summed E-state index contributed by atoms with van der Waals surface area (Å²) >= 11 is 0. The molecule has 5 heteroatoms. The van der Waals surface area contributed by atoms with Gasteiger partial charge in [0.1, 0.15) is 0 Å². The average Bonchev–Trinajstić information content (AvgIpc) is 2.29. The van der Waals surface area contributed by atoms with Crippen molar-refractivity contribution in [3.63, 3.8) is 0 Å². The fourth-order valence-electron chi connectivity index (χ4n) is 3.51. The van der Waals surface area contributed by atoms with Crippen LogP contribution in [0.5, 0.6) is 0 Å². The van der Waals surface area contributed by atoms with Crippen LogP contribution in [0, 0.1) is 5.92 Å². The van der Waals surface area contributed by atoms with Gasteiger partial charge in [-0.2, -0.15) is 0 Å². The molecule has 2 aliphatic rings. The smallest absolute Gasteiger partial charge is 0.272 e. The number of nitrogens with two attached hydrogens (primary N) is 1. The Balaban J connectivity index is 1.90. The SMILES string of the molecule is NC(=O)C[NH+]1C[C@@H]2C[C@H](C1)c1cccc(=O)n1C2. The minimum absolute atomic E-state index is 0.0977. The van der Waals surface area contributed by atoms with Gasteiger partial charge in [-0.15, -0.1) is 0 Å². The van der Waals surface area contributed by atoms with Crippen molar-refractivity contribution in [2.75, 3.05) is 19.6 Å². The van der Waals surface area contributed by atoms with Crippen LogP contribution in [0.15, 0.2) is 23.0 Å². The standard InChI is InChI=1S/C13H17N3O2/c14-12(17)8-15-5-9-4-10(7-15)11-2-1-3-13(18)16(11)6-9/h1-3,9-10H,4-8H2,(H2,14,17)/p+1/t9-,10+/m0/s1. The van der Waals surface area contributed by atoms with Gasteiger partial charge in [0.25, 0.3) is 11.5 Å². The van der Waals surface area contributed by atoms with Gasteiger partial charge in [0.05, 0.1) is 13.1 Å². The molecule has 18 heavy (non-hydrogen) atoms. The molecule has 3 N–H and O–H groups in total. The number of nitrogens with zero attached hydrogens (tertiary/aromatic N) is 1. The Hall–Kier alpha value is -1.62. The molecular weight excluding hydrogens is 230 g/mol. The van der Waals surface area contributed by atoms with E-state index < -0.39 is 0 Å². The number of quaternary nitrogens is 1. The van der Waals surface area contributed by atoms with Crippen LogP contribution in [0.2, 0.25) is 0 Å². The zero-order valence-corrected chi connectivity index (χ0v) is 10.3. The molecule has 5 nitrogen and oxygen atoms in total. The van der Waals surface area contributed by atoms with E-state index in [0.29, 0.717) is 18.4 Å². The highest BCUT2D eigenvalue weighted by molar-refractivity contribution is 5.74. The lowest BCUT2D eigenvalue weighted by molar-refractivity contribution is -0.903. The molecule has 1 fully saturated rings. The molecule has 0 aliphatic carbocycles. The number of amides is 1. The molecule has 1 unspecified atom stereocenters. The van der Waals surface area contributed by atoms with Crippen LogP contribution in [0.25, 0.3) is 0 Å². The van der Waals surface area contributed by atoms with Crippen molar-refractivity contribution in [2.24, 2.45) is 11.7 Å². The fraction of sp³-hybridized carbons (Fsp3) is 0.538. The van der Waals surface area contributed by atoms with Crippen LogP contribution in [-0.4, -0.2) is 30.1 Å². The Kier molecular flexibility index (Phi) is 2.70. The molecule has 1 amide bonds. The summed E-state index contributed by atoms with van der Waals surface area (Å²) in [5.41, 5.74) is 6.50. The topological polar surface area (TPSA) is 69.5 Å². The number of rotatable bonds is 2. The molecule has 0 spiro atoms. The number of pyridine rings is 1. The van der Waals surface area contributed by atoms with E-state index in [-0.39, 0.29) is 11.5 Å². The van der Waals surface area contributed by atoms with Crippen molar-refractivity contribution in [3.05, 3.63) is 34.2 Å². The molecule has 2 bridgehead atoms. The molecular formula is C13H18N3O2+. The maximum atomic E-state index is 11.8. The summed E-state index contributed by atoms with van der Waals surface area (Å²) in [7, 11) is 0. The van der Waals surface area contributed by atoms with E-state index in [1.807, 2.05) is 16.7 Å². The van der Waals surface area contributed by atoms with Crippen LogP contribution in [0.1, 0.15) is 18.0 Å². The predicted octanol–water partition coefficient (Wildman–Crippen LogP) is -1.66. The minimum atomic E-state index is -0.240. The number of primary amides is 1. The molecule has 0 saturated carbocycles. The Morgan fingerprint density at radius 1 is 1.44 bits per heavy atom. The molecule has 1 aromatic heterocycles. The first-order chi connectivity index (χ1) is 8.63. The number of fused-ring (bicyclic) bond motifs is 4. The zero-order chi connectivity index (χ0) is 12.7. The summed E-state index contributed by atoms with van der Waals surface area (Å²) in [5, 5.41) is 0. The summed E-state index contributed by atoms with van der Waals surface area (Å²) in [6.07, 6.45) is 1.13. The normalized spacial score (nSPS) is 29.7. The predicted molar refractivity (Wildman–Crippen MR) is 66.3 cm³/mol. The number of piperidine rings is 1. The number of nitrogens with one attached hydrogen (secondary N) is 1. The third-order valence-electron chi connectivity index (χ3n) is 4.10. The van der Waals surface area contributed by atoms with Crippen molar-refractivity contribution >= 4 is 5.91 Å². The lowest BCUT2D eigenvalue weighted by Gasteiger charge is -2.39. The second kappa shape index (κ2) is 4.24. The minimum Gasteiger partial charge on any atom is -0.365 e. The first kappa shape index (κ1) is 11.5. The Morgan fingerprint density at radius 3 is 3.06 bits per heavy atom. The Labute approximate surface area is 105 Å². The molecule has 2 aliphatic heterocycles. The van der Waals surface area contributed by atoms with Crippen LogP contribution in [0.3, 0.4) is 0 Å². The van der Waals surface area contributed by atoms with E-state index in [1.165, 1.54) is 4.90 Å². The Bertz CT molecular complexity index is 537. The summed E-state index contributed by atoms with van der Waals surface area (Å²) in [6, 6.07) is 5.49. The van der Waals surface area contributed by atoms with E-state index in [1.54, 1.807) is 6.07 Å². The Morgan fingerprint density at radius 2 is 2.28 bits per heavy atom. The summed E-state index contributed by atoms with van der Waals surface area (Å²) < 4.78 is 1.90. The van der Waals surface area contributed by atoms with Crippen molar-refractivity contribution < 1.29 is 9.69 Å². The van der Waals surface area contributed by atoms with Gasteiger partial charge in [0.2, 0.25) is 0 Å². The van der Waals surface area contributed by atoms with E-state index in [2.05, 4.69) is 0 Å². The van der Waals surface area contributed by atoms with Crippen molar-refractivity contribution in [2.45, 2.75) is 18.9 Å². The number of likely N-dealkylation sites (tertiary alicyclic amines) is 1. The highest BCUT2D eigenvalue weighted by Crippen LogP contribution is 2.29. The summed E-state index contributed by atoms with van der Waals surface area (Å²) in [6.45, 7) is 3.04. The van der Waals surface area contributed by atoms with Gasteiger partial charge in [-0.3, -0.25) is 9.59 Å². The van der Waals surface area contributed by atoms with Crippen LogP contribution < -0.4 is 16.2 Å². The average molecular weight is 248 g/mol. The number of hydrogen-bond acceptors (Lipinski definition) is 2. The fourth-order valence-corrected chi connectivity index (χ4v) is 3.51. The lowest BCUT2D eigenvalue weighted by atomic mass is 9.83. The monoisotopic (exact) mass is 248 g/mol. The second-order valence-corrected chi connectivity index (χ2v) is 5.50. The van der Waals surface area contributed by atoms with Crippen molar-refractivity contribution in [1.29, 1.82) is 0 Å². The third-order valence-corrected chi connectivity index (χ3v) is 4.10. The van der Waals surface area contributed by atoms with Crippen LogP contribution >= 0.6 is 0 Å². The van der Waals surface area contributed by atoms with Gasteiger partial charge in [-0.1, -0.05) is 6.07 Å². The first-order valence-electron chi connectivity index (χ1n) is 6.45. The van der Waals surface area contributed by atoms with Gasteiger partial charge >= 0.3 is 0 Å². The van der Waals surface area contributed by atoms with E-state index in [9.17, 15) is 9.59 Å². The number of carbonyl (C=O) groups is 1. The molecule has 0 radical (unpaired) electrons. The van der Waals surface area contributed by atoms with Crippen LogP contribution in [-0.2, 0) is 11.3 Å². The van der Waals surface area contributed by atoms with E-state index in [0.717, 1.165) is 31.7 Å². The molecule has 1 saturated heterocycles. The largest absolute Gasteiger partial charge is 0.365 e. The molecule has 3 heterocycles. The maximum Gasteiger partial charge on any atom is 0.272 e. The van der Waals surface area contributed by atoms with E-state index in [4.69, 9.17) is 5.73 Å². The molecule has 1 aromatic rings. The first-order valence-corrected chi connectivity index (χ1v) is 6.45. The van der Waals surface area contributed by atoms with Gasteiger partial charge < -0.3 is 15.2 Å². The van der Waals surface area contributed by atoms with Gasteiger partial charge in [-0.25, -0.2) is 0 Å². The molecule has 3 rings (SSSR count). The molecule has 0 aromatic carbocycles. The maximum absolute atomic E-state index is 11.8. The summed E-state index contributed by atoms with van der Waals surface area (Å²) in [5.74, 6) is 0.641. The highest BCUT2D eigenvalue weighted by atomic mass is 16.1. The molecule has 96 valence electrons. The van der Waals surface area contributed by atoms with E-state index >= 15 is 0 Å². The van der Waals surface area contributed by atoms with Gasteiger partial charge in [-0.05, 0) is 12.5 Å². The number of hydrogen-bond donors (Lipinski definition) is 2.